The zero-order valence-corrected chi connectivity index (χ0v) is 20.2. The molecule has 9 nitrogen and oxygen atoms in total. The highest BCUT2D eigenvalue weighted by atomic mass is 28.4. The Kier molecular flexibility index (Phi) is 6.56. The van der Waals surface area contributed by atoms with E-state index in [0.29, 0.717) is 19.6 Å². The van der Waals surface area contributed by atoms with E-state index in [2.05, 4.69) is 38.8 Å². The van der Waals surface area contributed by atoms with E-state index in [0.717, 1.165) is 10.9 Å². The molecule has 3 rings (SSSR count). The second kappa shape index (κ2) is 8.87. The van der Waals surface area contributed by atoms with Crippen molar-refractivity contribution in [2.45, 2.75) is 57.9 Å². The van der Waals surface area contributed by atoms with Gasteiger partial charge in [-0.3, -0.25) is 14.9 Å². The number of aryl methyl sites for hydroxylation is 1. The number of nitrogens with two attached hydrogens (primary N) is 1. The zero-order chi connectivity index (χ0) is 23.7. The quantitative estimate of drug-likeness (QED) is 0.288. The van der Waals surface area contributed by atoms with Crippen LogP contribution in [-0.2, 0) is 11.0 Å². The standard InChI is InChI=1S/C22H31N5O4Si/c1-22(2,3)32(4,5)31-14-18(26-13-19(21(23)28)24-15-26)9-11-25-10-8-16-6-7-17(27(29)30)12-20(16)25/h6-8,10,12-13,15,18H,9,11,14H2,1-5H3,(H2,23,28)/t18-/m1/s1. The predicted molar refractivity (Wildman–Crippen MR) is 126 cm³/mol. The van der Waals surface area contributed by atoms with E-state index in [1.54, 1.807) is 24.7 Å². The van der Waals surface area contributed by atoms with Crippen molar-refractivity contribution < 1.29 is 14.1 Å². The van der Waals surface area contributed by atoms with Gasteiger partial charge in [0.1, 0.15) is 5.69 Å². The van der Waals surface area contributed by atoms with E-state index in [9.17, 15) is 14.9 Å². The second-order valence-corrected chi connectivity index (χ2v) is 14.4. The summed E-state index contributed by atoms with van der Waals surface area (Å²) in [6.45, 7) is 12.1. The summed E-state index contributed by atoms with van der Waals surface area (Å²) in [6.07, 6.45) is 5.89. The lowest BCUT2D eigenvalue weighted by atomic mass is 10.2. The minimum absolute atomic E-state index is 0.0657. The predicted octanol–water partition coefficient (Wildman–Crippen LogP) is 4.50. The molecule has 2 N–H and O–H groups in total. The van der Waals surface area contributed by atoms with Crippen molar-refractivity contribution in [3.63, 3.8) is 0 Å². The Hall–Kier alpha value is -2.98. The van der Waals surface area contributed by atoms with E-state index < -0.39 is 14.2 Å². The molecule has 0 fully saturated rings. The minimum atomic E-state index is -1.98. The van der Waals surface area contributed by atoms with Crippen LogP contribution in [0.15, 0.2) is 43.0 Å². The van der Waals surface area contributed by atoms with Crippen LogP contribution in [0.2, 0.25) is 18.1 Å². The Bertz CT molecular complexity index is 1130. The molecule has 0 aliphatic rings. The molecular formula is C22H31N5O4Si. The lowest BCUT2D eigenvalue weighted by molar-refractivity contribution is -0.384. The Morgan fingerprint density at radius 2 is 2.03 bits per heavy atom. The molecule has 0 spiro atoms. The molecular weight excluding hydrogens is 426 g/mol. The highest BCUT2D eigenvalue weighted by Crippen LogP contribution is 2.37. The van der Waals surface area contributed by atoms with Crippen molar-refractivity contribution in [2.75, 3.05) is 6.61 Å². The molecule has 1 atom stereocenters. The highest BCUT2D eigenvalue weighted by molar-refractivity contribution is 6.74. The van der Waals surface area contributed by atoms with Crippen LogP contribution in [-0.4, -0.2) is 39.9 Å². The lowest BCUT2D eigenvalue weighted by Crippen LogP contribution is -2.42. The molecule has 0 aliphatic carbocycles. The second-order valence-electron chi connectivity index (χ2n) is 9.59. The average molecular weight is 458 g/mol. The fourth-order valence-electron chi connectivity index (χ4n) is 3.27. The largest absolute Gasteiger partial charge is 0.415 e. The molecule has 172 valence electrons. The molecule has 0 saturated carbocycles. The van der Waals surface area contributed by atoms with Crippen LogP contribution in [0.25, 0.3) is 10.9 Å². The Balaban J connectivity index is 1.83. The van der Waals surface area contributed by atoms with Crippen molar-refractivity contribution in [2.24, 2.45) is 5.73 Å². The van der Waals surface area contributed by atoms with E-state index >= 15 is 0 Å². The average Bonchev–Trinajstić information content (AvgIpc) is 3.34. The van der Waals surface area contributed by atoms with Crippen molar-refractivity contribution in [3.05, 3.63) is 58.8 Å². The molecule has 2 aromatic heterocycles. The number of rotatable bonds is 9. The third kappa shape index (κ3) is 5.08. The maximum Gasteiger partial charge on any atom is 0.271 e. The summed E-state index contributed by atoms with van der Waals surface area (Å²) in [7, 11) is -1.98. The number of nitro benzene ring substituents is 1. The molecule has 1 aromatic carbocycles. The number of fused-ring (bicyclic) bond motifs is 1. The fourth-order valence-corrected chi connectivity index (χ4v) is 4.31. The van der Waals surface area contributed by atoms with Crippen LogP contribution in [0.3, 0.4) is 0 Å². The Morgan fingerprint density at radius 1 is 1.31 bits per heavy atom. The maximum absolute atomic E-state index is 11.5. The monoisotopic (exact) mass is 457 g/mol. The van der Waals surface area contributed by atoms with Crippen molar-refractivity contribution in [1.82, 2.24) is 14.1 Å². The molecule has 0 saturated heterocycles. The summed E-state index contributed by atoms with van der Waals surface area (Å²) in [5.74, 6) is -0.573. The van der Waals surface area contributed by atoms with Gasteiger partial charge >= 0.3 is 0 Å². The summed E-state index contributed by atoms with van der Waals surface area (Å²) in [4.78, 5) is 26.4. The minimum Gasteiger partial charge on any atom is -0.415 e. The van der Waals surface area contributed by atoms with Crippen LogP contribution in [0.4, 0.5) is 5.69 Å². The third-order valence-corrected chi connectivity index (χ3v) is 10.9. The number of amides is 1. The number of nitro groups is 1. The van der Waals surface area contributed by atoms with Crippen molar-refractivity contribution in [3.8, 4) is 0 Å². The first-order valence-corrected chi connectivity index (χ1v) is 13.5. The van der Waals surface area contributed by atoms with Gasteiger partial charge in [0.2, 0.25) is 0 Å². The van der Waals surface area contributed by atoms with Crippen LogP contribution in [0.1, 0.15) is 43.7 Å². The number of aromatic nitrogens is 3. The number of benzene rings is 1. The number of hydrogen-bond donors (Lipinski definition) is 1. The van der Waals surface area contributed by atoms with Gasteiger partial charge in [-0.2, -0.15) is 0 Å². The number of primary amides is 1. The van der Waals surface area contributed by atoms with Gasteiger partial charge in [0.05, 0.1) is 29.4 Å². The fraction of sp³-hybridized carbons (Fsp3) is 0.455. The molecule has 1 amide bonds. The first-order valence-electron chi connectivity index (χ1n) is 10.6. The van der Waals surface area contributed by atoms with Crippen LogP contribution in [0.5, 0.6) is 0 Å². The number of imidazole rings is 1. The van der Waals surface area contributed by atoms with Gasteiger partial charge in [-0.25, -0.2) is 4.98 Å². The van der Waals surface area contributed by atoms with Crippen molar-refractivity contribution >= 4 is 30.8 Å². The topological polar surface area (TPSA) is 118 Å². The molecule has 0 unspecified atom stereocenters. The van der Waals surface area contributed by atoms with Crippen LogP contribution < -0.4 is 5.73 Å². The van der Waals surface area contributed by atoms with Crippen molar-refractivity contribution in [1.29, 1.82) is 0 Å². The van der Waals surface area contributed by atoms with E-state index in [1.807, 2.05) is 21.4 Å². The van der Waals surface area contributed by atoms with Gasteiger partial charge in [0.15, 0.2) is 8.32 Å². The molecule has 32 heavy (non-hydrogen) atoms. The molecule has 10 heteroatoms. The molecule has 2 heterocycles. The zero-order valence-electron chi connectivity index (χ0n) is 19.2. The Labute approximate surface area is 188 Å². The summed E-state index contributed by atoms with van der Waals surface area (Å²) in [5, 5.41) is 12.2. The summed E-state index contributed by atoms with van der Waals surface area (Å²) >= 11 is 0. The molecule has 0 bridgehead atoms. The third-order valence-electron chi connectivity index (χ3n) is 6.39. The normalized spacial score (nSPS) is 13.4. The molecule has 0 aliphatic heterocycles. The summed E-state index contributed by atoms with van der Waals surface area (Å²) in [5.41, 5.74) is 6.47. The van der Waals surface area contributed by atoms with Gasteiger partial charge in [-0.15, -0.1) is 0 Å². The highest BCUT2D eigenvalue weighted by Gasteiger charge is 2.37. The van der Waals surface area contributed by atoms with Gasteiger partial charge in [0.25, 0.3) is 11.6 Å². The summed E-state index contributed by atoms with van der Waals surface area (Å²) < 4.78 is 10.3. The first-order chi connectivity index (χ1) is 14.9. The lowest BCUT2D eigenvalue weighted by Gasteiger charge is -2.37. The Morgan fingerprint density at radius 3 is 2.62 bits per heavy atom. The first kappa shape index (κ1) is 23.7. The smallest absolute Gasteiger partial charge is 0.271 e. The summed E-state index contributed by atoms with van der Waals surface area (Å²) in [6, 6.07) is 6.75. The maximum atomic E-state index is 11.5. The van der Waals surface area contributed by atoms with Gasteiger partial charge in [-0.05, 0) is 36.7 Å². The van der Waals surface area contributed by atoms with E-state index in [4.69, 9.17) is 10.2 Å². The van der Waals surface area contributed by atoms with E-state index in [-0.39, 0.29) is 27.4 Å². The number of carbonyl (C=O) groups excluding carboxylic acids is 1. The number of nitrogens with zero attached hydrogens (tertiary/aromatic N) is 4. The van der Waals surface area contributed by atoms with Crippen LogP contribution >= 0.6 is 0 Å². The molecule has 3 aromatic rings. The van der Waals surface area contributed by atoms with Gasteiger partial charge in [-0.1, -0.05) is 20.8 Å². The number of non-ortho nitro benzene ring substituents is 1. The van der Waals surface area contributed by atoms with E-state index in [1.165, 1.54) is 6.07 Å². The molecule has 0 radical (unpaired) electrons. The van der Waals surface area contributed by atoms with Gasteiger partial charge in [0, 0.05) is 36.5 Å². The van der Waals surface area contributed by atoms with Gasteiger partial charge < -0.3 is 19.3 Å². The number of hydrogen-bond acceptors (Lipinski definition) is 5. The van der Waals surface area contributed by atoms with Crippen LogP contribution in [0, 0.1) is 10.1 Å². The number of carbonyl (C=O) groups is 1. The SMILES string of the molecule is CC(C)(C)[Si](C)(C)OC[C@@H](CCn1ccc2ccc([N+](=O)[O-])cc21)n1cnc(C(N)=O)c1.